The van der Waals surface area contributed by atoms with Crippen LogP contribution in [0.2, 0.25) is 0 Å². The normalized spacial score (nSPS) is 21.0. The first-order valence-electron chi connectivity index (χ1n) is 7.84. The van der Waals surface area contributed by atoms with Gasteiger partial charge >= 0.3 is 0 Å². The van der Waals surface area contributed by atoms with Gasteiger partial charge in [-0.1, -0.05) is 6.07 Å². The summed E-state index contributed by atoms with van der Waals surface area (Å²) in [5.74, 6) is 0.846. The first-order valence-corrected chi connectivity index (χ1v) is 8.72. The molecule has 0 unspecified atom stereocenters. The molecule has 20 heavy (non-hydrogen) atoms. The first kappa shape index (κ1) is 14.1. The van der Waals surface area contributed by atoms with Crippen molar-refractivity contribution < 1.29 is 4.79 Å². The molecule has 0 spiro atoms. The lowest BCUT2D eigenvalue weighted by molar-refractivity contribution is -0.122. The van der Waals surface area contributed by atoms with Crippen molar-refractivity contribution in [3.8, 4) is 0 Å². The molecule has 1 aliphatic heterocycles. The molecule has 3 rings (SSSR count). The minimum absolute atomic E-state index is 0.242. The number of piperidine rings is 1. The fraction of sp³-hybridized carbons (Fsp3) is 0.688. The van der Waals surface area contributed by atoms with E-state index in [1.54, 1.807) is 11.3 Å². The van der Waals surface area contributed by atoms with Gasteiger partial charge in [0.1, 0.15) is 0 Å². The Morgan fingerprint density at radius 2 is 2.10 bits per heavy atom. The van der Waals surface area contributed by atoms with Gasteiger partial charge in [0.05, 0.1) is 0 Å². The summed E-state index contributed by atoms with van der Waals surface area (Å²) in [5, 5.41) is 5.16. The number of nitrogens with one attached hydrogen (secondary N) is 1. The number of hydrogen-bond donors (Lipinski definition) is 1. The molecule has 0 radical (unpaired) electrons. The van der Waals surface area contributed by atoms with Crippen LogP contribution in [-0.4, -0.2) is 36.5 Å². The summed E-state index contributed by atoms with van der Waals surface area (Å²) in [6, 6.07) is 5.08. The molecule has 110 valence electrons. The number of carbonyl (C=O) groups is 1. The van der Waals surface area contributed by atoms with Gasteiger partial charge < -0.3 is 10.2 Å². The SMILES string of the molecule is O=C(CC1CCN(C2CC2)CC1)NCCc1cccs1. The topological polar surface area (TPSA) is 32.3 Å². The van der Waals surface area contributed by atoms with Gasteiger partial charge in [0.15, 0.2) is 0 Å². The molecule has 3 nitrogen and oxygen atoms in total. The number of thiophene rings is 1. The lowest BCUT2D eigenvalue weighted by Gasteiger charge is -2.31. The molecule has 0 aromatic carbocycles. The van der Waals surface area contributed by atoms with E-state index in [1.165, 1.54) is 43.6 Å². The van der Waals surface area contributed by atoms with Crippen LogP contribution in [0.1, 0.15) is 37.0 Å². The van der Waals surface area contributed by atoms with Crippen LogP contribution >= 0.6 is 11.3 Å². The van der Waals surface area contributed by atoms with Crippen molar-refractivity contribution in [3.05, 3.63) is 22.4 Å². The average Bonchev–Trinajstić information content (AvgIpc) is 3.17. The Hall–Kier alpha value is -0.870. The van der Waals surface area contributed by atoms with Gasteiger partial charge in [-0.3, -0.25) is 4.79 Å². The molecule has 0 atom stereocenters. The third kappa shape index (κ3) is 4.06. The zero-order valence-corrected chi connectivity index (χ0v) is 12.8. The molecule has 2 aliphatic rings. The second kappa shape index (κ2) is 6.72. The quantitative estimate of drug-likeness (QED) is 0.874. The molecule has 1 aromatic heterocycles. The molecule has 1 aliphatic carbocycles. The summed E-state index contributed by atoms with van der Waals surface area (Å²) < 4.78 is 0. The molecule has 4 heteroatoms. The minimum atomic E-state index is 0.242. The van der Waals surface area contributed by atoms with Crippen molar-refractivity contribution in [1.29, 1.82) is 0 Å². The molecule has 0 bridgehead atoms. The maximum Gasteiger partial charge on any atom is 0.220 e. The predicted molar refractivity (Wildman–Crippen MR) is 83.0 cm³/mol. The molecule has 1 saturated heterocycles. The Morgan fingerprint density at radius 1 is 1.30 bits per heavy atom. The van der Waals surface area contributed by atoms with E-state index in [-0.39, 0.29) is 5.91 Å². The van der Waals surface area contributed by atoms with Gasteiger partial charge in [-0.25, -0.2) is 0 Å². The minimum Gasteiger partial charge on any atom is -0.356 e. The van der Waals surface area contributed by atoms with Crippen LogP contribution in [-0.2, 0) is 11.2 Å². The zero-order valence-electron chi connectivity index (χ0n) is 12.0. The van der Waals surface area contributed by atoms with Crippen molar-refractivity contribution in [2.45, 2.75) is 44.6 Å². The summed E-state index contributed by atoms with van der Waals surface area (Å²) in [7, 11) is 0. The van der Waals surface area contributed by atoms with E-state index in [0.717, 1.165) is 25.4 Å². The zero-order chi connectivity index (χ0) is 13.8. The van der Waals surface area contributed by atoms with Crippen molar-refractivity contribution in [3.63, 3.8) is 0 Å². The number of carbonyl (C=O) groups excluding carboxylic acids is 1. The molecule has 2 heterocycles. The van der Waals surface area contributed by atoms with Crippen LogP contribution < -0.4 is 5.32 Å². The second-order valence-corrected chi connectivity index (χ2v) is 7.13. The molecule has 1 N–H and O–H groups in total. The number of amides is 1. The Bertz CT molecular complexity index is 420. The van der Waals surface area contributed by atoms with Crippen LogP contribution in [0.15, 0.2) is 17.5 Å². The number of hydrogen-bond acceptors (Lipinski definition) is 3. The third-order valence-electron chi connectivity index (χ3n) is 4.46. The summed E-state index contributed by atoms with van der Waals surface area (Å²) in [5.41, 5.74) is 0. The second-order valence-electron chi connectivity index (χ2n) is 6.09. The van der Waals surface area contributed by atoms with Gasteiger partial charge in [-0.05, 0) is 62.6 Å². The Balaban J connectivity index is 1.30. The van der Waals surface area contributed by atoms with Crippen LogP contribution in [0.4, 0.5) is 0 Å². The average molecular weight is 292 g/mol. The monoisotopic (exact) mass is 292 g/mol. The van der Waals surface area contributed by atoms with Crippen LogP contribution in [0.3, 0.4) is 0 Å². The van der Waals surface area contributed by atoms with Gasteiger partial charge in [0, 0.05) is 23.9 Å². The molecular weight excluding hydrogens is 268 g/mol. The number of likely N-dealkylation sites (tertiary alicyclic amines) is 1. The van der Waals surface area contributed by atoms with Gasteiger partial charge in [0.25, 0.3) is 0 Å². The molecular formula is C16H24N2OS. The highest BCUT2D eigenvalue weighted by atomic mass is 32.1. The Morgan fingerprint density at radius 3 is 2.75 bits per heavy atom. The van der Waals surface area contributed by atoms with E-state index < -0.39 is 0 Å². The Kier molecular flexibility index (Phi) is 4.73. The van der Waals surface area contributed by atoms with E-state index >= 15 is 0 Å². The summed E-state index contributed by atoms with van der Waals surface area (Å²) in [4.78, 5) is 15.9. The van der Waals surface area contributed by atoms with Crippen molar-refractivity contribution in [2.75, 3.05) is 19.6 Å². The Labute approximate surface area is 125 Å². The highest BCUT2D eigenvalue weighted by molar-refractivity contribution is 7.09. The van der Waals surface area contributed by atoms with Gasteiger partial charge in [0.2, 0.25) is 5.91 Å². The fourth-order valence-corrected chi connectivity index (χ4v) is 3.79. The third-order valence-corrected chi connectivity index (χ3v) is 5.40. The first-order chi connectivity index (χ1) is 9.81. The molecule has 2 fully saturated rings. The van der Waals surface area contributed by atoms with Crippen molar-refractivity contribution in [1.82, 2.24) is 10.2 Å². The highest BCUT2D eigenvalue weighted by Crippen LogP contribution is 2.31. The molecule has 1 amide bonds. The highest BCUT2D eigenvalue weighted by Gasteiger charge is 2.32. The predicted octanol–water partition coefficient (Wildman–Crippen LogP) is 2.67. The van der Waals surface area contributed by atoms with E-state index in [0.29, 0.717) is 5.92 Å². The van der Waals surface area contributed by atoms with E-state index in [9.17, 15) is 4.79 Å². The standard InChI is InChI=1S/C16H24N2OS/c19-16(17-8-5-15-2-1-11-20-15)12-13-6-9-18(10-7-13)14-3-4-14/h1-2,11,13-14H,3-10,12H2,(H,17,19). The van der Waals surface area contributed by atoms with E-state index in [2.05, 4.69) is 27.7 Å². The van der Waals surface area contributed by atoms with Gasteiger partial charge in [-0.15, -0.1) is 11.3 Å². The summed E-state index contributed by atoms with van der Waals surface area (Å²) in [6.07, 6.45) is 6.89. The number of nitrogens with zero attached hydrogens (tertiary/aromatic N) is 1. The lowest BCUT2D eigenvalue weighted by atomic mass is 9.93. The van der Waals surface area contributed by atoms with E-state index in [4.69, 9.17) is 0 Å². The van der Waals surface area contributed by atoms with Crippen LogP contribution in [0.25, 0.3) is 0 Å². The van der Waals surface area contributed by atoms with E-state index in [1.807, 2.05) is 0 Å². The van der Waals surface area contributed by atoms with Crippen molar-refractivity contribution in [2.24, 2.45) is 5.92 Å². The van der Waals surface area contributed by atoms with Crippen molar-refractivity contribution >= 4 is 17.2 Å². The van der Waals surface area contributed by atoms with Gasteiger partial charge in [-0.2, -0.15) is 0 Å². The maximum atomic E-state index is 11.9. The molecule has 1 aromatic rings. The fourth-order valence-electron chi connectivity index (χ4n) is 3.08. The summed E-state index contributed by atoms with van der Waals surface area (Å²) in [6.45, 7) is 3.19. The number of rotatable bonds is 6. The lowest BCUT2D eigenvalue weighted by Crippen LogP contribution is -2.37. The largest absolute Gasteiger partial charge is 0.356 e. The maximum absolute atomic E-state index is 11.9. The summed E-state index contributed by atoms with van der Waals surface area (Å²) >= 11 is 1.76. The van der Waals surface area contributed by atoms with Crippen LogP contribution in [0, 0.1) is 5.92 Å². The van der Waals surface area contributed by atoms with Crippen LogP contribution in [0.5, 0.6) is 0 Å². The smallest absolute Gasteiger partial charge is 0.220 e. The molecule has 1 saturated carbocycles.